The molecule has 2 amide bonds. The van der Waals surface area contributed by atoms with Gasteiger partial charge in [-0.05, 0) is 23.1 Å². The lowest BCUT2D eigenvalue weighted by Crippen LogP contribution is -2.48. The average molecular weight is 399 g/mol. The quantitative estimate of drug-likeness (QED) is 0.802. The molecule has 1 N–H and O–H groups in total. The summed E-state index contributed by atoms with van der Waals surface area (Å²) in [7, 11) is 0. The summed E-state index contributed by atoms with van der Waals surface area (Å²) in [4.78, 5) is 24.6. The van der Waals surface area contributed by atoms with Crippen molar-refractivity contribution >= 4 is 28.8 Å². The maximum Gasteiger partial charge on any atom is 0.321 e. The van der Waals surface area contributed by atoms with Gasteiger partial charge in [0.2, 0.25) is 0 Å². The highest BCUT2D eigenvalue weighted by Gasteiger charge is 2.43. The summed E-state index contributed by atoms with van der Waals surface area (Å²) in [5.41, 5.74) is 2.81. The standard InChI is InChI=1S/C21H26N4O2S/c1-20(2,3)15-4-6-16(7-5-15)23-19(26)25-11-8-21(9-12-25)14-17(24-27-21)18-22-10-13-28-18/h4-7,10,13H,8-9,11-12,14H2,1-3H3,(H,23,26). The number of piperidine rings is 1. The number of likely N-dealkylation sites (tertiary alicyclic amines) is 1. The van der Waals surface area contributed by atoms with Crippen LogP contribution in [0.3, 0.4) is 0 Å². The van der Waals surface area contributed by atoms with E-state index in [-0.39, 0.29) is 17.0 Å². The molecule has 1 fully saturated rings. The first-order valence-corrected chi connectivity index (χ1v) is 10.5. The number of aromatic nitrogens is 1. The van der Waals surface area contributed by atoms with Crippen molar-refractivity contribution in [1.82, 2.24) is 9.88 Å². The molecule has 0 atom stereocenters. The second-order valence-corrected chi connectivity index (χ2v) is 9.47. The first kappa shape index (κ1) is 18.9. The van der Waals surface area contributed by atoms with E-state index in [0.717, 1.165) is 35.7 Å². The molecule has 2 aliphatic heterocycles. The maximum absolute atomic E-state index is 12.6. The van der Waals surface area contributed by atoms with Crippen LogP contribution in [0, 0.1) is 0 Å². The third kappa shape index (κ3) is 3.90. The van der Waals surface area contributed by atoms with Gasteiger partial charge in [-0.3, -0.25) is 0 Å². The van der Waals surface area contributed by atoms with Crippen molar-refractivity contribution in [2.75, 3.05) is 18.4 Å². The molecule has 0 bridgehead atoms. The Morgan fingerprint density at radius 3 is 2.54 bits per heavy atom. The van der Waals surface area contributed by atoms with E-state index in [1.807, 2.05) is 22.4 Å². The Kier molecular flexibility index (Phi) is 4.87. The Labute approximate surface area is 169 Å². The molecule has 2 aromatic rings. The number of rotatable bonds is 2. The highest BCUT2D eigenvalue weighted by Crippen LogP contribution is 2.36. The minimum absolute atomic E-state index is 0.0579. The summed E-state index contributed by atoms with van der Waals surface area (Å²) in [6, 6.07) is 8.03. The van der Waals surface area contributed by atoms with Gasteiger partial charge in [-0.1, -0.05) is 38.1 Å². The lowest BCUT2D eigenvalue weighted by atomic mass is 9.87. The summed E-state index contributed by atoms with van der Waals surface area (Å²) in [5.74, 6) is 0. The number of carbonyl (C=O) groups is 1. The van der Waals surface area contributed by atoms with Gasteiger partial charge in [0.05, 0.1) is 0 Å². The number of nitrogens with one attached hydrogen (secondary N) is 1. The minimum atomic E-state index is -0.286. The molecular formula is C21H26N4O2S. The molecule has 0 aliphatic carbocycles. The van der Waals surface area contributed by atoms with E-state index in [9.17, 15) is 4.79 Å². The molecule has 1 aromatic carbocycles. The van der Waals surface area contributed by atoms with Gasteiger partial charge in [-0.15, -0.1) is 11.3 Å². The van der Waals surface area contributed by atoms with Crippen LogP contribution < -0.4 is 5.32 Å². The minimum Gasteiger partial charge on any atom is -0.388 e. The zero-order chi connectivity index (χ0) is 19.8. The summed E-state index contributed by atoms with van der Waals surface area (Å²) >= 11 is 1.58. The van der Waals surface area contributed by atoms with Gasteiger partial charge in [-0.2, -0.15) is 0 Å². The molecule has 0 radical (unpaired) electrons. The van der Waals surface area contributed by atoms with Crippen LogP contribution in [0.1, 0.15) is 50.6 Å². The van der Waals surface area contributed by atoms with Gasteiger partial charge >= 0.3 is 6.03 Å². The van der Waals surface area contributed by atoms with Crippen LogP contribution in [-0.2, 0) is 10.3 Å². The van der Waals surface area contributed by atoms with Crippen molar-refractivity contribution in [3.05, 3.63) is 46.4 Å². The van der Waals surface area contributed by atoms with Gasteiger partial charge in [0, 0.05) is 49.6 Å². The van der Waals surface area contributed by atoms with E-state index in [1.54, 1.807) is 17.5 Å². The molecule has 28 heavy (non-hydrogen) atoms. The van der Waals surface area contributed by atoms with Crippen molar-refractivity contribution in [2.45, 2.75) is 51.0 Å². The van der Waals surface area contributed by atoms with Gasteiger partial charge in [0.15, 0.2) is 0 Å². The number of hydrogen-bond acceptors (Lipinski definition) is 5. The third-order valence-corrected chi connectivity index (χ3v) is 6.30. The van der Waals surface area contributed by atoms with Gasteiger partial charge in [-0.25, -0.2) is 9.78 Å². The lowest BCUT2D eigenvalue weighted by Gasteiger charge is -2.37. The van der Waals surface area contributed by atoms with Gasteiger partial charge in [0.25, 0.3) is 0 Å². The zero-order valence-corrected chi connectivity index (χ0v) is 17.4. The Morgan fingerprint density at radius 1 is 1.21 bits per heavy atom. The highest BCUT2D eigenvalue weighted by atomic mass is 32.1. The Morgan fingerprint density at radius 2 is 1.93 bits per heavy atom. The number of anilines is 1. The van der Waals surface area contributed by atoms with Crippen LogP contribution in [-0.4, -0.2) is 40.3 Å². The SMILES string of the molecule is CC(C)(C)c1ccc(NC(=O)N2CCC3(CC2)CC(c2nccs2)=NO3)cc1. The van der Waals surface area contributed by atoms with Crippen LogP contribution in [0.5, 0.6) is 0 Å². The topological polar surface area (TPSA) is 66.8 Å². The maximum atomic E-state index is 12.6. The number of urea groups is 1. The predicted octanol–water partition coefficient (Wildman–Crippen LogP) is 4.63. The smallest absolute Gasteiger partial charge is 0.321 e. The predicted molar refractivity (Wildman–Crippen MR) is 112 cm³/mol. The van der Waals surface area contributed by atoms with E-state index in [0.29, 0.717) is 13.1 Å². The average Bonchev–Trinajstić information content (AvgIpc) is 3.32. The normalized spacial score (nSPS) is 18.7. The number of thiazole rings is 1. The summed E-state index contributed by atoms with van der Waals surface area (Å²) < 4.78 is 0. The summed E-state index contributed by atoms with van der Waals surface area (Å²) in [6.45, 7) is 7.86. The molecule has 6 nitrogen and oxygen atoms in total. The molecule has 1 saturated heterocycles. The Bertz CT molecular complexity index is 861. The molecule has 7 heteroatoms. The number of amides is 2. The third-order valence-electron chi connectivity index (χ3n) is 5.48. The van der Waals surface area contributed by atoms with Crippen LogP contribution >= 0.6 is 11.3 Å². The first-order valence-electron chi connectivity index (χ1n) is 9.66. The number of nitrogens with zero attached hydrogens (tertiary/aromatic N) is 3. The second kappa shape index (κ2) is 7.20. The lowest BCUT2D eigenvalue weighted by molar-refractivity contribution is -0.0544. The number of hydrogen-bond donors (Lipinski definition) is 1. The number of oxime groups is 1. The van der Waals surface area contributed by atoms with E-state index in [1.165, 1.54) is 5.56 Å². The molecule has 0 unspecified atom stereocenters. The van der Waals surface area contributed by atoms with Gasteiger partial charge in [0.1, 0.15) is 16.3 Å². The van der Waals surface area contributed by atoms with Gasteiger partial charge < -0.3 is 15.1 Å². The van der Waals surface area contributed by atoms with E-state index < -0.39 is 0 Å². The van der Waals surface area contributed by atoms with Crippen LogP contribution in [0.25, 0.3) is 0 Å². The fourth-order valence-corrected chi connectivity index (χ4v) is 4.26. The van der Waals surface area contributed by atoms with Crippen LogP contribution in [0.2, 0.25) is 0 Å². The number of carbonyl (C=O) groups excluding carboxylic acids is 1. The molecule has 3 heterocycles. The van der Waals surface area contributed by atoms with E-state index in [4.69, 9.17) is 4.84 Å². The monoisotopic (exact) mass is 398 g/mol. The molecule has 4 rings (SSSR count). The van der Waals surface area contributed by atoms with Crippen molar-refractivity contribution in [2.24, 2.45) is 5.16 Å². The summed E-state index contributed by atoms with van der Waals surface area (Å²) in [6.07, 6.45) is 4.11. The van der Waals surface area contributed by atoms with Crippen molar-refractivity contribution in [3.63, 3.8) is 0 Å². The van der Waals surface area contributed by atoms with E-state index >= 15 is 0 Å². The molecule has 1 aromatic heterocycles. The van der Waals surface area contributed by atoms with E-state index in [2.05, 4.69) is 48.4 Å². The molecule has 1 spiro atoms. The molecule has 0 saturated carbocycles. The van der Waals surface area contributed by atoms with Crippen molar-refractivity contribution in [3.8, 4) is 0 Å². The second-order valence-electron chi connectivity index (χ2n) is 8.57. The fraction of sp³-hybridized carbons (Fsp3) is 0.476. The fourth-order valence-electron chi connectivity index (χ4n) is 3.64. The Balaban J connectivity index is 1.31. The zero-order valence-electron chi connectivity index (χ0n) is 16.6. The van der Waals surface area contributed by atoms with Crippen LogP contribution in [0.15, 0.2) is 41.0 Å². The van der Waals surface area contributed by atoms with Crippen molar-refractivity contribution in [1.29, 1.82) is 0 Å². The van der Waals surface area contributed by atoms with Crippen LogP contribution in [0.4, 0.5) is 10.5 Å². The highest BCUT2D eigenvalue weighted by molar-refractivity contribution is 7.11. The molecular weight excluding hydrogens is 372 g/mol. The number of benzene rings is 1. The molecule has 148 valence electrons. The summed E-state index contributed by atoms with van der Waals surface area (Å²) in [5, 5.41) is 10.2. The largest absolute Gasteiger partial charge is 0.388 e. The Hall–Kier alpha value is -2.41. The first-order chi connectivity index (χ1) is 13.3. The van der Waals surface area contributed by atoms with Crippen molar-refractivity contribution < 1.29 is 9.63 Å². The molecule has 2 aliphatic rings.